The summed E-state index contributed by atoms with van der Waals surface area (Å²) in [6.07, 6.45) is 14.2. The van der Waals surface area contributed by atoms with Crippen molar-refractivity contribution in [1.29, 1.82) is 5.26 Å². The van der Waals surface area contributed by atoms with Gasteiger partial charge in [0.15, 0.2) is 0 Å². The molecular weight excluding hydrogens is 382 g/mol. The zero-order valence-electron chi connectivity index (χ0n) is 19.9. The van der Waals surface area contributed by atoms with Crippen LogP contribution in [0, 0.1) is 64.1 Å². The van der Waals surface area contributed by atoms with Crippen molar-refractivity contribution < 1.29 is 5.11 Å². The van der Waals surface area contributed by atoms with Gasteiger partial charge in [0.05, 0.1) is 23.9 Å². The second-order valence-electron chi connectivity index (χ2n) is 12.4. The zero-order chi connectivity index (χ0) is 22.0. The highest BCUT2D eigenvalue weighted by molar-refractivity contribution is 5.21. The zero-order valence-corrected chi connectivity index (χ0v) is 19.9. The molecule has 4 aliphatic carbocycles. The van der Waals surface area contributed by atoms with Gasteiger partial charge in [-0.2, -0.15) is 10.4 Å². The van der Waals surface area contributed by atoms with Crippen LogP contribution in [0.5, 0.6) is 0 Å². The van der Waals surface area contributed by atoms with E-state index in [1.807, 2.05) is 6.92 Å². The molecule has 1 N–H and O–H groups in total. The Labute approximate surface area is 188 Å². The molecule has 31 heavy (non-hydrogen) atoms. The third-order valence-electron chi connectivity index (χ3n) is 10.8. The number of aromatic nitrogens is 2. The molecule has 0 spiro atoms. The first-order valence-electron chi connectivity index (χ1n) is 12.9. The molecule has 0 bridgehead atoms. The molecule has 4 fully saturated rings. The van der Waals surface area contributed by atoms with Crippen LogP contribution in [0.15, 0.2) is 12.4 Å². The first-order chi connectivity index (χ1) is 14.7. The summed E-state index contributed by atoms with van der Waals surface area (Å²) >= 11 is 0. The minimum absolute atomic E-state index is 0.232. The number of hydrogen-bond donors (Lipinski definition) is 1. The van der Waals surface area contributed by atoms with E-state index in [-0.39, 0.29) is 5.41 Å². The van der Waals surface area contributed by atoms with Crippen LogP contribution in [0.4, 0.5) is 0 Å². The van der Waals surface area contributed by atoms with E-state index in [9.17, 15) is 5.11 Å². The maximum Gasteiger partial charge on any atom is 0.102 e. The highest BCUT2D eigenvalue weighted by Crippen LogP contribution is 2.66. The highest BCUT2D eigenvalue weighted by Gasteiger charge is 2.60. The lowest BCUT2D eigenvalue weighted by Gasteiger charge is -2.58. The molecule has 0 saturated heterocycles. The van der Waals surface area contributed by atoms with E-state index in [0.29, 0.717) is 18.0 Å². The van der Waals surface area contributed by atoms with Crippen molar-refractivity contribution in [3.05, 3.63) is 18.0 Å². The van der Waals surface area contributed by atoms with E-state index >= 15 is 0 Å². The van der Waals surface area contributed by atoms with Crippen LogP contribution in [0.3, 0.4) is 0 Å². The largest absolute Gasteiger partial charge is 0.388 e. The number of aliphatic hydroxyl groups is 1. The van der Waals surface area contributed by atoms with E-state index < -0.39 is 5.60 Å². The Kier molecular flexibility index (Phi) is 5.28. The first kappa shape index (κ1) is 21.5. The van der Waals surface area contributed by atoms with Crippen molar-refractivity contribution in [2.24, 2.45) is 52.8 Å². The molecule has 0 unspecified atom stereocenters. The van der Waals surface area contributed by atoms with Crippen molar-refractivity contribution in [3.8, 4) is 6.07 Å². The molecule has 4 heteroatoms. The van der Waals surface area contributed by atoms with Crippen LogP contribution < -0.4 is 0 Å². The summed E-state index contributed by atoms with van der Waals surface area (Å²) in [6.45, 7) is 9.98. The fourth-order valence-electron chi connectivity index (χ4n) is 9.23. The van der Waals surface area contributed by atoms with Gasteiger partial charge in [-0.3, -0.25) is 4.68 Å². The number of hydrogen-bond acceptors (Lipinski definition) is 3. The number of fused-ring (bicyclic) bond motifs is 5. The molecule has 0 radical (unpaired) electrons. The van der Waals surface area contributed by atoms with Gasteiger partial charge in [0.25, 0.3) is 0 Å². The van der Waals surface area contributed by atoms with Crippen LogP contribution in [0.25, 0.3) is 0 Å². The van der Waals surface area contributed by atoms with Crippen molar-refractivity contribution in [3.63, 3.8) is 0 Å². The van der Waals surface area contributed by atoms with Crippen molar-refractivity contribution >= 4 is 0 Å². The molecule has 10 atom stereocenters. The van der Waals surface area contributed by atoms with E-state index in [2.05, 4.69) is 31.9 Å². The van der Waals surface area contributed by atoms with Crippen LogP contribution >= 0.6 is 0 Å². The molecular formula is C27H41N3O. The van der Waals surface area contributed by atoms with Gasteiger partial charge in [-0.05, 0) is 111 Å². The summed E-state index contributed by atoms with van der Waals surface area (Å²) in [4.78, 5) is 0. The fourth-order valence-corrected chi connectivity index (χ4v) is 9.23. The molecule has 4 saturated carbocycles. The Balaban J connectivity index is 1.34. The number of nitrogens with zero attached hydrogens (tertiary/aromatic N) is 3. The van der Waals surface area contributed by atoms with E-state index in [1.165, 1.54) is 44.9 Å². The van der Waals surface area contributed by atoms with Gasteiger partial charge in [0.2, 0.25) is 0 Å². The van der Waals surface area contributed by atoms with E-state index in [4.69, 9.17) is 5.26 Å². The molecule has 1 aromatic rings. The SMILES string of the molecule is C[C@@H]1C[C@H]2CC[C@@H]3[C@H](CC[C@@]4(C)[C@H]3CC[C@@H]4[C@@](C)(O)Cn3cc(C#N)cn3)[C@H]2C[C@H]1C. The smallest absolute Gasteiger partial charge is 0.102 e. The maximum absolute atomic E-state index is 11.7. The summed E-state index contributed by atoms with van der Waals surface area (Å²) in [6, 6.07) is 2.15. The third kappa shape index (κ3) is 3.47. The lowest BCUT2D eigenvalue weighted by molar-refractivity contribution is -0.118. The Hall–Kier alpha value is -1.34. The summed E-state index contributed by atoms with van der Waals surface area (Å²) in [5, 5.41) is 25.1. The Bertz CT molecular complexity index is 853. The Morgan fingerprint density at radius 3 is 2.65 bits per heavy atom. The van der Waals surface area contributed by atoms with Crippen molar-refractivity contribution in [2.75, 3.05) is 0 Å². The average molecular weight is 424 g/mol. The minimum atomic E-state index is -0.791. The third-order valence-corrected chi connectivity index (χ3v) is 10.8. The van der Waals surface area contributed by atoms with Gasteiger partial charge in [-0.15, -0.1) is 0 Å². The summed E-state index contributed by atoms with van der Waals surface area (Å²) in [7, 11) is 0. The molecule has 1 heterocycles. The number of nitriles is 1. The Morgan fingerprint density at radius 2 is 1.90 bits per heavy atom. The fraction of sp³-hybridized carbons (Fsp3) is 0.852. The molecule has 4 aliphatic rings. The summed E-state index contributed by atoms with van der Waals surface area (Å²) in [5.41, 5.74) is 0.0109. The lowest BCUT2D eigenvalue weighted by Crippen LogP contribution is -2.53. The van der Waals surface area contributed by atoms with E-state index in [1.54, 1.807) is 17.1 Å². The predicted molar refractivity (Wildman–Crippen MR) is 122 cm³/mol. The molecule has 0 amide bonds. The van der Waals surface area contributed by atoms with Crippen LogP contribution in [0.1, 0.15) is 84.6 Å². The van der Waals surface area contributed by atoms with Gasteiger partial charge in [-0.25, -0.2) is 0 Å². The van der Waals surface area contributed by atoms with Gasteiger partial charge >= 0.3 is 0 Å². The van der Waals surface area contributed by atoms with Gasteiger partial charge in [-0.1, -0.05) is 20.8 Å². The maximum atomic E-state index is 11.7. The quantitative estimate of drug-likeness (QED) is 0.682. The normalized spacial score (nSPS) is 46.3. The summed E-state index contributed by atoms with van der Waals surface area (Å²) < 4.78 is 1.77. The Morgan fingerprint density at radius 1 is 1.13 bits per heavy atom. The van der Waals surface area contributed by atoms with Crippen LogP contribution in [-0.2, 0) is 6.54 Å². The number of rotatable bonds is 3. The molecule has 170 valence electrons. The molecule has 0 aromatic carbocycles. The second-order valence-corrected chi connectivity index (χ2v) is 12.4. The molecule has 1 aromatic heterocycles. The second kappa shape index (κ2) is 7.62. The van der Waals surface area contributed by atoms with Gasteiger partial charge in [0, 0.05) is 6.20 Å². The van der Waals surface area contributed by atoms with Crippen molar-refractivity contribution in [2.45, 2.75) is 91.2 Å². The highest BCUT2D eigenvalue weighted by atomic mass is 16.3. The molecule has 4 nitrogen and oxygen atoms in total. The molecule has 0 aliphatic heterocycles. The average Bonchev–Trinajstić information content (AvgIpc) is 3.32. The predicted octanol–water partition coefficient (Wildman–Crippen LogP) is 5.66. The van der Waals surface area contributed by atoms with Gasteiger partial charge in [0.1, 0.15) is 6.07 Å². The lowest BCUT2D eigenvalue weighted by atomic mass is 9.48. The van der Waals surface area contributed by atoms with E-state index in [0.717, 1.165) is 47.8 Å². The van der Waals surface area contributed by atoms with Crippen LogP contribution in [-0.4, -0.2) is 20.5 Å². The monoisotopic (exact) mass is 423 g/mol. The summed E-state index contributed by atoms with van der Waals surface area (Å²) in [5.74, 6) is 6.61. The minimum Gasteiger partial charge on any atom is -0.388 e. The standard InChI is InChI=1S/C27H41N3O/c1-17-11-20-5-6-22-21(23(20)12-18(17)2)9-10-26(3)24(22)7-8-25(26)27(4,31)16-30-15-19(13-28)14-29-30/h14-15,17-18,20-25,31H,5-12,16H2,1-4H3/t17-,18-,20-,21+,22-,23+,24+,25+,26+,27+/m1/s1. The van der Waals surface area contributed by atoms with Crippen molar-refractivity contribution in [1.82, 2.24) is 9.78 Å². The van der Waals surface area contributed by atoms with Gasteiger partial charge < -0.3 is 5.11 Å². The molecule has 5 rings (SSSR count). The van der Waals surface area contributed by atoms with Crippen LogP contribution in [0.2, 0.25) is 0 Å². The topological polar surface area (TPSA) is 61.8 Å². The first-order valence-corrected chi connectivity index (χ1v) is 12.9.